The molecule has 0 spiro atoms. The summed E-state index contributed by atoms with van der Waals surface area (Å²) in [6, 6.07) is 10.3. The zero-order valence-corrected chi connectivity index (χ0v) is 12.1. The Kier molecular flexibility index (Phi) is 4.25. The maximum atomic E-state index is 12.1. The normalized spacial score (nSPS) is 17.6. The molecule has 1 heterocycles. The number of hydrogen-bond acceptors (Lipinski definition) is 2. The fourth-order valence-electron chi connectivity index (χ4n) is 2.34. The molecule has 1 unspecified atom stereocenters. The minimum Gasteiger partial charge on any atom is -0.355 e. The van der Waals surface area contributed by atoms with E-state index in [-0.39, 0.29) is 17.2 Å². The minimum absolute atomic E-state index is 0.0332. The van der Waals surface area contributed by atoms with Gasteiger partial charge in [0.25, 0.3) is 0 Å². The second kappa shape index (κ2) is 5.74. The van der Waals surface area contributed by atoms with Crippen molar-refractivity contribution in [1.29, 1.82) is 0 Å². The molecule has 1 saturated heterocycles. The zero-order chi connectivity index (χ0) is 13.9. The van der Waals surface area contributed by atoms with E-state index in [2.05, 4.69) is 36.6 Å². The molecule has 1 aromatic carbocycles. The summed E-state index contributed by atoms with van der Waals surface area (Å²) >= 11 is 0. The third-order valence-electron chi connectivity index (χ3n) is 4.19. The number of carbonyl (C=O) groups is 1. The first-order valence-corrected chi connectivity index (χ1v) is 7.04. The molecule has 1 aliphatic rings. The van der Waals surface area contributed by atoms with Crippen molar-refractivity contribution in [2.75, 3.05) is 19.6 Å². The molecule has 1 fully saturated rings. The predicted molar refractivity (Wildman–Crippen MR) is 78.0 cm³/mol. The van der Waals surface area contributed by atoms with Crippen LogP contribution in [-0.2, 0) is 10.2 Å². The standard InChI is InChI=1S/C16H24N2O/c1-12(13-9-17-10-13)15(19)18-11-16(2,3)14-7-5-4-6-8-14/h4-8,12-13,17H,9-11H2,1-3H3,(H,18,19). The van der Waals surface area contributed by atoms with Crippen molar-refractivity contribution in [2.24, 2.45) is 11.8 Å². The highest BCUT2D eigenvalue weighted by molar-refractivity contribution is 5.78. The van der Waals surface area contributed by atoms with E-state index >= 15 is 0 Å². The second-order valence-corrected chi connectivity index (χ2v) is 6.17. The summed E-state index contributed by atoms with van der Waals surface area (Å²) < 4.78 is 0. The lowest BCUT2D eigenvalue weighted by molar-refractivity contribution is -0.126. The van der Waals surface area contributed by atoms with E-state index in [9.17, 15) is 4.79 Å². The minimum atomic E-state index is -0.0332. The molecule has 3 heteroatoms. The topological polar surface area (TPSA) is 41.1 Å². The molecule has 2 rings (SSSR count). The van der Waals surface area contributed by atoms with Gasteiger partial charge < -0.3 is 10.6 Å². The Morgan fingerprint density at radius 1 is 1.37 bits per heavy atom. The molecule has 1 amide bonds. The highest BCUT2D eigenvalue weighted by Crippen LogP contribution is 2.22. The van der Waals surface area contributed by atoms with Crippen LogP contribution in [-0.4, -0.2) is 25.5 Å². The van der Waals surface area contributed by atoms with Gasteiger partial charge in [-0.25, -0.2) is 0 Å². The van der Waals surface area contributed by atoms with Crippen molar-refractivity contribution in [3.8, 4) is 0 Å². The quantitative estimate of drug-likeness (QED) is 0.849. The Morgan fingerprint density at radius 2 is 2.00 bits per heavy atom. The molecule has 1 aliphatic heterocycles. The summed E-state index contributed by atoms with van der Waals surface area (Å²) in [4.78, 5) is 12.1. The van der Waals surface area contributed by atoms with Gasteiger partial charge in [0.15, 0.2) is 0 Å². The van der Waals surface area contributed by atoms with E-state index in [0.29, 0.717) is 12.5 Å². The van der Waals surface area contributed by atoms with Crippen molar-refractivity contribution >= 4 is 5.91 Å². The van der Waals surface area contributed by atoms with Gasteiger partial charge in [-0.05, 0) is 24.6 Å². The maximum absolute atomic E-state index is 12.1. The fourth-order valence-corrected chi connectivity index (χ4v) is 2.34. The van der Waals surface area contributed by atoms with Crippen LogP contribution >= 0.6 is 0 Å². The molecule has 1 atom stereocenters. The van der Waals surface area contributed by atoms with Crippen LogP contribution in [0.2, 0.25) is 0 Å². The van der Waals surface area contributed by atoms with Crippen molar-refractivity contribution in [1.82, 2.24) is 10.6 Å². The van der Waals surface area contributed by atoms with Crippen molar-refractivity contribution < 1.29 is 4.79 Å². The van der Waals surface area contributed by atoms with Gasteiger partial charge in [0, 0.05) is 17.9 Å². The molecule has 104 valence electrons. The number of amides is 1. The predicted octanol–water partition coefficient (Wildman–Crippen LogP) is 1.94. The van der Waals surface area contributed by atoms with Crippen LogP contribution in [0.25, 0.3) is 0 Å². The maximum Gasteiger partial charge on any atom is 0.223 e. The molecule has 0 radical (unpaired) electrons. The fraction of sp³-hybridized carbons (Fsp3) is 0.562. The molecular weight excluding hydrogens is 236 g/mol. The van der Waals surface area contributed by atoms with E-state index < -0.39 is 0 Å². The van der Waals surface area contributed by atoms with E-state index in [0.717, 1.165) is 13.1 Å². The van der Waals surface area contributed by atoms with E-state index in [1.54, 1.807) is 0 Å². The van der Waals surface area contributed by atoms with Gasteiger partial charge in [0.2, 0.25) is 5.91 Å². The summed E-state index contributed by atoms with van der Waals surface area (Å²) in [6.45, 7) is 8.97. The Bertz CT molecular complexity index is 424. The molecule has 0 bridgehead atoms. The van der Waals surface area contributed by atoms with Crippen LogP contribution in [0.1, 0.15) is 26.3 Å². The molecule has 19 heavy (non-hydrogen) atoms. The molecule has 3 nitrogen and oxygen atoms in total. The summed E-state index contributed by atoms with van der Waals surface area (Å²) in [5.74, 6) is 0.781. The average Bonchev–Trinajstić information content (AvgIpc) is 2.35. The van der Waals surface area contributed by atoms with Gasteiger partial charge in [-0.15, -0.1) is 0 Å². The number of hydrogen-bond donors (Lipinski definition) is 2. The Balaban J connectivity index is 1.88. The summed E-state index contributed by atoms with van der Waals surface area (Å²) in [7, 11) is 0. The summed E-state index contributed by atoms with van der Waals surface area (Å²) in [5.41, 5.74) is 1.22. The second-order valence-electron chi connectivity index (χ2n) is 6.17. The van der Waals surface area contributed by atoms with Gasteiger partial charge in [-0.3, -0.25) is 4.79 Å². The van der Waals surface area contributed by atoms with E-state index in [1.807, 2.05) is 25.1 Å². The molecule has 0 aromatic heterocycles. The molecule has 0 saturated carbocycles. The number of rotatable bonds is 5. The van der Waals surface area contributed by atoms with E-state index in [1.165, 1.54) is 5.56 Å². The van der Waals surface area contributed by atoms with Crippen LogP contribution in [0.5, 0.6) is 0 Å². The first kappa shape index (κ1) is 14.1. The Hall–Kier alpha value is -1.35. The largest absolute Gasteiger partial charge is 0.355 e. The lowest BCUT2D eigenvalue weighted by atomic mass is 9.84. The van der Waals surface area contributed by atoms with Gasteiger partial charge in [-0.1, -0.05) is 51.1 Å². The van der Waals surface area contributed by atoms with Crippen LogP contribution in [0.3, 0.4) is 0 Å². The monoisotopic (exact) mass is 260 g/mol. The van der Waals surface area contributed by atoms with Gasteiger partial charge in [0.05, 0.1) is 0 Å². The third kappa shape index (κ3) is 3.35. The third-order valence-corrected chi connectivity index (χ3v) is 4.19. The number of benzene rings is 1. The first-order chi connectivity index (χ1) is 9.00. The lowest BCUT2D eigenvalue weighted by Crippen LogP contribution is -2.50. The van der Waals surface area contributed by atoms with Crippen LogP contribution in [0.4, 0.5) is 0 Å². The van der Waals surface area contributed by atoms with E-state index in [4.69, 9.17) is 0 Å². The van der Waals surface area contributed by atoms with Gasteiger partial charge in [0.1, 0.15) is 0 Å². The lowest BCUT2D eigenvalue weighted by Gasteiger charge is -2.33. The van der Waals surface area contributed by atoms with Crippen LogP contribution in [0.15, 0.2) is 30.3 Å². The van der Waals surface area contributed by atoms with Gasteiger partial charge in [-0.2, -0.15) is 0 Å². The Labute approximate surface area is 115 Å². The summed E-state index contributed by atoms with van der Waals surface area (Å²) in [6.07, 6.45) is 0. The number of nitrogens with one attached hydrogen (secondary N) is 2. The smallest absolute Gasteiger partial charge is 0.223 e. The zero-order valence-electron chi connectivity index (χ0n) is 12.1. The molecular formula is C16H24N2O. The highest BCUT2D eigenvalue weighted by atomic mass is 16.1. The van der Waals surface area contributed by atoms with Crippen LogP contribution < -0.4 is 10.6 Å². The summed E-state index contributed by atoms with van der Waals surface area (Å²) in [5, 5.41) is 6.32. The SMILES string of the molecule is CC(C(=O)NCC(C)(C)c1ccccc1)C1CNC1. The average molecular weight is 260 g/mol. The first-order valence-electron chi connectivity index (χ1n) is 7.04. The van der Waals surface area contributed by atoms with Crippen LogP contribution in [0, 0.1) is 11.8 Å². The number of carbonyl (C=O) groups excluding carboxylic acids is 1. The van der Waals surface area contributed by atoms with Crippen molar-refractivity contribution in [3.05, 3.63) is 35.9 Å². The van der Waals surface area contributed by atoms with Crippen molar-refractivity contribution in [2.45, 2.75) is 26.2 Å². The van der Waals surface area contributed by atoms with Crippen molar-refractivity contribution in [3.63, 3.8) is 0 Å². The molecule has 1 aromatic rings. The van der Waals surface area contributed by atoms with Gasteiger partial charge >= 0.3 is 0 Å². The molecule has 0 aliphatic carbocycles. The molecule has 2 N–H and O–H groups in total. The highest BCUT2D eigenvalue weighted by Gasteiger charge is 2.29. The Morgan fingerprint density at radius 3 is 2.53 bits per heavy atom.